The Bertz CT molecular complexity index is 582. The maximum Gasteiger partial charge on any atom is 0.350 e. The van der Waals surface area contributed by atoms with Crippen molar-refractivity contribution in [3.8, 4) is 0 Å². The number of alkyl halides is 1. The van der Waals surface area contributed by atoms with Crippen LogP contribution in [0.25, 0.3) is 0 Å². The molecule has 0 saturated carbocycles. The lowest BCUT2D eigenvalue weighted by Crippen LogP contribution is -2.31. The summed E-state index contributed by atoms with van der Waals surface area (Å²) >= 11 is 0. The van der Waals surface area contributed by atoms with Crippen LogP contribution in [0, 0.1) is 0 Å². The largest absolute Gasteiger partial charge is 0.375 e. The summed E-state index contributed by atoms with van der Waals surface area (Å²) in [5.74, 6) is 1.07. The van der Waals surface area contributed by atoms with Gasteiger partial charge in [0.25, 0.3) is 0 Å². The van der Waals surface area contributed by atoms with Gasteiger partial charge >= 0.3 is 7.60 Å². The van der Waals surface area contributed by atoms with E-state index in [1.54, 1.807) is 32.1 Å². The maximum absolute atomic E-state index is 14.6. The van der Waals surface area contributed by atoms with Gasteiger partial charge in [0.15, 0.2) is 6.17 Å². The summed E-state index contributed by atoms with van der Waals surface area (Å²) < 4.78 is 41.8. The molecule has 1 saturated heterocycles. The molecule has 0 aromatic heterocycles. The first-order valence-corrected chi connectivity index (χ1v) is 8.49. The molecule has 5 nitrogen and oxygen atoms in total. The van der Waals surface area contributed by atoms with Gasteiger partial charge in [0.1, 0.15) is 26.2 Å². The molecule has 5 atom stereocenters. The van der Waals surface area contributed by atoms with Crippen LogP contribution in [0.3, 0.4) is 0 Å². The minimum Gasteiger partial charge on any atom is -0.375 e. The van der Waals surface area contributed by atoms with Crippen molar-refractivity contribution >= 4 is 15.4 Å². The van der Waals surface area contributed by atoms with Crippen LogP contribution in [0.15, 0.2) is 41.6 Å². The molecule has 0 bridgehead atoms. The van der Waals surface area contributed by atoms with Crippen LogP contribution in [0.4, 0.5) is 4.39 Å². The first kappa shape index (κ1) is 17.4. The monoisotopic (exact) mass is 328 g/mol. The molecule has 1 unspecified atom stereocenters. The zero-order valence-electron chi connectivity index (χ0n) is 12.7. The number of hydrogen-bond acceptors (Lipinski definition) is 4. The molecule has 0 radical (unpaired) electrons. The van der Waals surface area contributed by atoms with E-state index in [0.717, 1.165) is 12.9 Å². The van der Waals surface area contributed by atoms with Crippen LogP contribution in [-0.4, -0.2) is 45.3 Å². The van der Waals surface area contributed by atoms with E-state index in [0.29, 0.717) is 11.0 Å². The molecule has 0 spiro atoms. The van der Waals surface area contributed by atoms with Crippen LogP contribution < -0.4 is 0 Å². The first-order chi connectivity index (χ1) is 10.4. The van der Waals surface area contributed by atoms with E-state index < -0.39 is 32.1 Å². The lowest BCUT2D eigenvalue weighted by atomic mass is 9.88. The topological polar surface area (TPSA) is 65.0 Å². The molecule has 8 heteroatoms. The smallest absolute Gasteiger partial charge is 0.350 e. The molecule has 0 aliphatic carbocycles. The fraction of sp³-hybridized carbons (Fsp3) is 0.429. The van der Waals surface area contributed by atoms with E-state index in [1.165, 1.54) is 7.11 Å². The third-order valence-corrected chi connectivity index (χ3v) is 4.93. The second kappa shape index (κ2) is 7.07. The van der Waals surface area contributed by atoms with E-state index >= 15 is 0 Å². The highest BCUT2D eigenvalue weighted by molar-refractivity contribution is 7.56. The Morgan fingerprint density at radius 3 is 2.59 bits per heavy atom. The molecule has 1 aliphatic rings. The lowest BCUT2D eigenvalue weighted by molar-refractivity contribution is 0.0180. The molecular formula is C14H19BFO5P. The molecule has 1 aliphatic heterocycles. The van der Waals surface area contributed by atoms with Gasteiger partial charge in [-0.15, -0.1) is 0 Å². The Morgan fingerprint density at radius 1 is 1.41 bits per heavy atom. The van der Waals surface area contributed by atoms with Crippen molar-refractivity contribution < 1.29 is 27.8 Å². The summed E-state index contributed by atoms with van der Waals surface area (Å²) in [6.45, 7) is 0. The van der Waals surface area contributed by atoms with Crippen molar-refractivity contribution in [1.29, 1.82) is 0 Å². The highest BCUT2D eigenvalue weighted by Crippen LogP contribution is 2.46. The Hall–Kier alpha value is -0.975. The zero-order chi connectivity index (χ0) is 16.3. The standard InChI is InChI=1S/C14H19BFO5P/c1-19-14-11(16)12(9-6-4-3-5-7-9)21-13(14)10(15)8-22(17,18)20-2/h3-8,11-14H,15H2,1-2H3,(H,17,18)/b10-8-/t11-,12-,13+,14-/m0/s1. The molecule has 1 heterocycles. The average Bonchev–Trinajstić information content (AvgIpc) is 2.84. The van der Waals surface area contributed by atoms with Gasteiger partial charge in [-0.2, -0.15) is 0 Å². The fourth-order valence-electron chi connectivity index (χ4n) is 2.56. The van der Waals surface area contributed by atoms with Gasteiger partial charge in [-0.1, -0.05) is 35.8 Å². The molecule has 1 aromatic carbocycles. The first-order valence-electron chi connectivity index (χ1n) is 6.84. The molecule has 1 fully saturated rings. The SMILES string of the molecule is B/C(=C\P(=O)(O)OC)[C@H]1O[C@@H](c2ccccc2)[C@H](F)[C@@H]1OC. The Morgan fingerprint density at radius 2 is 2.05 bits per heavy atom. The molecule has 2 rings (SSSR count). The van der Waals surface area contributed by atoms with Crippen molar-refractivity contribution in [3.63, 3.8) is 0 Å². The van der Waals surface area contributed by atoms with E-state index in [4.69, 9.17) is 9.47 Å². The summed E-state index contributed by atoms with van der Waals surface area (Å²) in [6.07, 6.45) is -3.75. The predicted octanol–water partition coefficient (Wildman–Crippen LogP) is 1.79. The summed E-state index contributed by atoms with van der Waals surface area (Å²) in [6, 6.07) is 8.99. The number of halogens is 1. The van der Waals surface area contributed by atoms with Crippen LogP contribution in [-0.2, 0) is 18.6 Å². The zero-order valence-corrected chi connectivity index (χ0v) is 13.6. The second-order valence-corrected chi connectivity index (χ2v) is 6.90. The Kier molecular flexibility index (Phi) is 5.58. The van der Waals surface area contributed by atoms with Crippen molar-refractivity contribution in [2.75, 3.05) is 14.2 Å². The van der Waals surface area contributed by atoms with Gasteiger partial charge < -0.3 is 18.9 Å². The third kappa shape index (κ3) is 3.67. The minimum atomic E-state index is -3.85. The number of hydrogen-bond donors (Lipinski definition) is 1. The molecule has 1 aromatic rings. The predicted molar refractivity (Wildman–Crippen MR) is 83.2 cm³/mol. The summed E-state index contributed by atoms with van der Waals surface area (Å²) in [4.78, 5) is 9.53. The van der Waals surface area contributed by atoms with Crippen molar-refractivity contribution in [2.45, 2.75) is 24.5 Å². The van der Waals surface area contributed by atoms with Gasteiger partial charge in [-0.25, -0.2) is 4.39 Å². The molecule has 120 valence electrons. The van der Waals surface area contributed by atoms with Crippen LogP contribution in [0.1, 0.15) is 11.7 Å². The highest BCUT2D eigenvalue weighted by atomic mass is 31.2. The Labute approximate surface area is 130 Å². The van der Waals surface area contributed by atoms with E-state index in [1.807, 2.05) is 6.07 Å². The van der Waals surface area contributed by atoms with Crippen LogP contribution >= 0.6 is 7.60 Å². The molecule has 1 N–H and O–H groups in total. The molecule has 22 heavy (non-hydrogen) atoms. The average molecular weight is 328 g/mol. The van der Waals surface area contributed by atoms with Crippen LogP contribution in [0.2, 0.25) is 0 Å². The van der Waals surface area contributed by atoms with Crippen LogP contribution in [0.5, 0.6) is 0 Å². The Balaban J connectivity index is 2.28. The van der Waals surface area contributed by atoms with Gasteiger partial charge in [0.05, 0.1) is 0 Å². The van der Waals surface area contributed by atoms with E-state index in [2.05, 4.69) is 4.52 Å². The number of benzene rings is 1. The van der Waals surface area contributed by atoms with Gasteiger partial charge in [-0.05, 0) is 5.56 Å². The van der Waals surface area contributed by atoms with E-state index in [9.17, 15) is 13.8 Å². The lowest BCUT2D eigenvalue weighted by Gasteiger charge is -2.19. The van der Waals surface area contributed by atoms with Gasteiger partial charge in [0.2, 0.25) is 0 Å². The number of rotatable bonds is 5. The molecule has 0 amide bonds. The minimum absolute atomic E-state index is 0.403. The molecular weight excluding hydrogens is 309 g/mol. The number of ether oxygens (including phenoxy) is 2. The third-order valence-electron chi connectivity index (χ3n) is 3.67. The summed E-state index contributed by atoms with van der Waals surface area (Å²) in [7, 11) is 0.275. The quantitative estimate of drug-likeness (QED) is 0.659. The maximum atomic E-state index is 14.6. The van der Waals surface area contributed by atoms with Gasteiger partial charge in [-0.3, -0.25) is 4.57 Å². The van der Waals surface area contributed by atoms with Crippen molar-refractivity contribution in [1.82, 2.24) is 0 Å². The van der Waals surface area contributed by atoms with Gasteiger partial charge in [0, 0.05) is 20.0 Å². The highest BCUT2D eigenvalue weighted by Gasteiger charge is 2.46. The normalized spacial score (nSPS) is 31.9. The fourth-order valence-corrected chi connectivity index (χ4v) is 3.33. The number of methoxy groups -OCH3 is 1. The van der Waals surface area contributed by atoms with Crippen molar-refractivity contribution in [2.24, 2.45) is 0 Å². The summed E-state index contributed by atoms with van der Waals surface area (Å²) in [5, 5.41) is 0. The second-order valence-electron chi connectivity index (χ2n) is 5.15. The van der Waals surface area contributed by atoms with E-state index in [-0.39, 0.29) is 0 Å². The van der Waals surface area contributed by atoms with Crippen molar-refractivity contribution in [3.05, 3.63) is 47.2 Å². The summed E-state index contributed by atoms with van der Waals surface area (Å²) in [5.41, 5.74) is 1.10.